The Hall–Kier alpha value is -2.34. The minimum absolute atomic E-state index is 0.0271. The molecule has 1 aromatic heterocycles. The van der Waals surface area contributed by atoms with Crippen LogP contribution in [0.15, 0.2) is 36.5 Å². The van der Waals surface area contributed by atoms with Gasteiger partial charge in [-0.05, 0) is 43.2 Å². The van der Waals surface area contributed by atoms with Gasteiger partial charge in [0.05, 0.1) is 5.69 Å². The number of phenols is 1. The van der Waals surface area contributed by atoms with Gasteiger partial charge in [0.15, 0.2) is 11.6 Å². The summed E-state index contributed by atoms with van der Waals surface area (Å²) in [5.74, 6) is -0.436. The number of carbonyl (C=O) groups excluding carboxylic acids is 1. The van der Waals surface area contributed by atoms with E-state index in [2.05, 4.69) is 10.3 Å². The molecular weight excluding hydrogens is 333 g/mol. The number of amides is 1. The molecule has 24 heavy (non-hydrogen) atoms. The van der Waals surface area contributed by atoms with E-state index in [0.717, 1.165) is 0 Å². The lowest BCUT2D eigenvalue weighted by molar-refractivity contribution is -0.120. The molecule has 0 atom stereocenters. The van der Waals surface area contributed by atoms with Crippen LogP contribution in [0, 0.1) is 11.7 Å². The zero-order valence-corrected chi connectivity index (χ0v) is 13.6. The average Bonchev–Trinajstić information content (AvgIpc) is 2.59. The molecule has 1 aliphatic rings. The van der Waals surface area contributed by atoms with Crippen LogP contribution in [0.25, 0.3) is 0 Å². The summed E-state index contributed by atoms with van der Waals surface area (Å²) >= 11 is 5.88. The summed E-state index contributed by atoms with van der Waals surface area (Å²) in [6.45, 7) is 1.10. The van der Waals surface area contributed by atoms with Gasteiger partial charge in [0.25, 0.3) is 0 Å². The Bertz CT molecular complexity index is 748. The van der Waals surface area contributed by atoms with Crippen LogP contribution in [-0.2, 0) is 4.79 Å². The van der Waals surface area contributed by atoms with Crippen LogP contribution in [0.1, 0.15) is 12.8 Å². The smallest absolute Gasteiger partial charge is 0.227 e. The van der Waals surface area contributed by atoms with Crippen molar-refractivity contribution in [3.05, 3.63) is 47.4 Å². The zero-order chi connectivity index (χ0) is 17.1. The summed E-state index contributed by atoms with van der Waals surface area (Å²) in [5, 5.41) is 12.9. The van der Waals surface area contributed by atoms with E-state index in [1.165, 1.54) is 18.2 Å². The highest BCUT2D eigenvalue weighted by Crippen LogP contribution is 2.29. The fraction of sp³-hybridized carbons (Fsp3) is 0.294. The van der Waals surface area contributed by atoms with Crippen molar-refractivity contribution in [3.63, 3.8) is 0 Å². The summed E-state index contributed by atoms with van der Waals surface area (Å²) in [6, 6.07) is 7.42. The van der Waals surface area contributed by atoms with Crippen molar-refractivity contribution in [2.24, 2.45) is 5.92 Å². The molecular formula is C17H17ClFN3O2. The zero-order valence-electron chi connectivity index (χ0n) is 12.9. The monoisotopic (exact) mass is 349 g/mol. The van der Waals surface area contributed by atoms with Crippen molar-refractivity contribution in [3.8, 4) is 5.75 Å². The van der Waals surface area contributed by atoms with Crippen molar-refractivity contribution in [1.29, 1.82) is 0 Å². The van der Waals surface area contributed by atoms with Crippen LogP contribution in [0.4, 0.5) is 15.9 Å². The van der Waals surface area contributed by atoms with Crippen LogP contribution in [0.3, 0.4) is 0 Å². The average molecular weight is 350 g/mol. The number of anilines is 2. The van der Waals surface area contributed by atoms with Crippen LogP contribution in [0.5, 0.6) is 5.75 Å². The number of halogens is 2. The van der Waals surface area contributed by atoms with E-state index in [0.29, 0.717) is 42.5 Å². The number of aromatic nitrogens is 1. The molecule has 0 bridgehead atoms. The molecule has 1 aliphatic heterocycles. The molecule has 126 valence electrons. The predicted molar refractivity (Wildman–Crippen MR) is 90.9 cm³/mol. The van der Waals surface area contributed by atoms with Gasteiger partial charge in [-0.15, -0.1) is 0 Å². The fourth-order valence-corrected chi connectivity index (χ4v) is 2.98. The molecule has 0 aliphatic carbocycles. The molecule has 2 aromatic rings. The van der Waals surface area contributed by atoms with Crippen LogP contribution >= 0.6 is 11.6 Å². The molecule has 1 aromatic carbocycles. The van der Waals surface area contributed by atoms with Crippen molar-refractivity contribution < 1.29 is 14.3 Å². The van der Waals surface area contributed by atoms with Gasteiger partial charge in [-0.25, -0.2) is 9.37 Å². The van der Waals surface area contributed by atoms with Crippen LogP contribution in [-0.4, -0.2) is 29.1 Å². The lowest BCUT2D eigenvalue weighted by Crippen LogP contribution is -2.39. The number of hydrogen-bond donors (Lipinski definition) is 2. The first-order chi connectivity index (χ1) is 11.5. The van der Waals surface area contributed by atoms with Crippen molar-refractivity contribution in [2.75, 3.05) is 23.3 Å². The summed E-state index contributed by atoms with van der Waals surface area (Å²) in [5.41, 5.74) is 0.297. The van der Waals surface area contributed by atoms with Crippen molar-refractivity contribution >= 4 is 29.0 Å². The van der Waals surface area contributed by atoms with Gasteiger partial charge in [0.1, 0.15) is 5.75 Å². The van der Waals surface area contributed by atoms with Gasteiger partial charge in [-0.1, -0.05) is 11.6 Å². The highest BCUT2D eigenvalue weighted by molar-refractivity contribution is 6.31. The number of nitrogens with zero attached hydrogens (tertiary/aromatic N) is 2. The number of benzene rings is 1. The molecule has 1 amide bonds. The molecule has 2 heterocycles. The number of phenolic OH excluding ortho intramolecular Hbond substituents is 1. The molecule has 1 saturated heterocycles. The van der Waals surface area contributed by atoms with Crippen LogP contribution in [0.2, 0.25) is 5.02 Å². The Kier molecular flexibility index (Phi) is 4.85. The number of pyridine rings is 1. The number of hydrogen-bond acceptors (Lipinski definition) is 4. The Morgan fingerprint density at radius 1 is 1.33 bits per heavy atom. The van der Waals surface area contributed by atoms with Crippen molar-refractivity contribution in [2.45, 2.75) is 12.8 Å². The van der Waals surface area contributed by atoms with E-state index in [4.69, 9.17) is 11.6 Å². The van der Waals surface area contributed by atoms with E-state index >= 15 is 0 Å². The van der Waals surface area contributed by atoms with E-state index in [1.54, 1.807) is 18.3 Å². The Morgan fingerprint density at radius 3 is 2.79 bits per heavy atom. The van der Waals surface area contributed by atoms with Gasteiger partial charge in [0, 0.05) is 30.2 Å². The first-order valence-electron chi connectivity index (χ1n) is 7.69. The predicted octanol–water partition coefficient (Wildman–Crippen LogP) is 3.43. The lowest BCUT2D eigenvalue weighted by Gasteiger charge is -2.32. The topological polar surface area (TPSA) is 65.5 Å². The first-order valence-corrected chi connectivity index (χ1v) is 8.07. The van der Waals surface area contributed by atoms with Gasteiger partial charge in [0.2, 0.25) is 5.91 Å². The molecule has 3 rings (SSSR count). The number of carbonyl (C=O) groups is 1. The third kappa shape index (κ3) is 3.59. The fourth-order valence-electron chi connectivity index (χ4n) is 2.81. The second kappa shape index (κ2) is 7.05. The third-order valence-electron chi connectivity index (χ3n) is 4.12. The highest BCUT2D eigenvalue weighted by atomic mass is 35.5. The van der Waals surface area contributed by atoms with E-state index in [1.807, 2.05) is 4.90 Å². The highest BCUT2D eigenvalue weighted by Gasteiger charge is 2.27. The first kappa shape index (κ1) is 16.5. The molecule has 0 radical (unpaired) electrons. The van der Waals surface area contributed by atoms with Gasteiger partial charge in [-0.3, -0.25) is 4.79 Å². The summed E-state index contributed by atoms with van der Waals surface area (Å²) in [6.07, 6.45) is 2.73. The number of aromatic hydroxyl groups is 1. The van der Waals surface area contributed by atoms with Gasteiger partial charge < -0.3 is 15.3 Å². The maximum atomic E-state index is 13.8. The minimum atomic E-state index is -0.357. The third-order valence-corrected chi connectivity index (χ3v) is 4.36. The second-order valence-electron chi connectivity index (χ2n) is 5.72. The Morgan fingerprint density at radius 2 is 2.08 bits per heavy atom. The standard InChI is InChI=1S/C17H17ClFN3O2/c18-12-3-4-15(23)14(10-12)21-17(24)11-5-8-22(9-6-11)16-13(19)2-1-7-20-16/h1-4,7,10-11,23H,5-6,8-9H2,(H,21,24). The van der Waals surface area contributed by atoms with E-state index in [-0.39, 0.29) is 23.4 Å². The summed E-state index contributed by atoms with van der Waals surface area (Å²) in [4.78, 5) is 18.3. The molecule has 2 N–H and O–H groups in total. The van der Waals surface area contributed by atoms with Crippen LogP contribution < -0.4 is 10.2 Å². The molecule has 0 spiro atoms. The Labute approximate surface area is 144 Å². The maximum Gasteiger partial charge on any atom is 0.227 e. The second-order valence-corrected chi connectivity index (χ2v) is 6.16. The minimum Gasteiger partial charge on any atom is -0.506 e. The SMILES string of the molecule is O=C(Nc1cc(Cl)ccc1O)C1CCN(c2ncccc2F)CC1. The largest absolute Gasteiger partial charge is 0.506 e. The van der Waals surface area contributed by atoms with E-state index in [9.17, 15) is 14.3 Å². The quantitative estimate of drug-likeness (QED) is 0.833. The normalized spacial score (nSPS) is 15.3. The number of rotatable bonds is 3. The maximum absolute atomic E-state index is 13.8. The molecule has 5 nitrogen and oxygen atoms in total. The van der Waals surface area contributed by atoms with Crippen molar-refractivity contribution in [1.82, 2.24) is 4.98 Å². The Balaban J connectivity index is 1.61. The number of piperidine rings is 1. The van der Waals surface area contributed by atoms with E-state index < -0.39 is 0 Å². The molecule has 1 fully saturated rings. The summed E-state index contributed by atoms with van der Waals surface area (Å²) in [7, 11) is 0. The molecule has 0 saturated carbocycles. The van der Waals surface area contributed by atoms with Gasteiger partial charge in [-0.2, -0.15) is 0 Å². The molecule has 0 unspecified atom stereocenters. The lowest BCUT2D eigenvalue weighted by atomic mass is 9.95. The number of nitrogens with one attached hydrogen (secondary N) is 1. The molecule has 7 heteroatoms. The van der Waals surface area contributed by atoms with Gasteiger partial charge >= 0.3 is 0 Å². The summed E-state index contributed by atoms with van der Waals surface area (Å²) < 4.78 is 13.8.